The molecule has 4 rings (SSSR count). The molecule has 0 N–H and O–H groups in total. The van der Waals surface area contributed by atoms with Crippen LogP contribution in [0.2, 0.25) is 0 Å². The third-order valence-electron chi connectivity index (χ3n) is 5.05. The molecule has 0 aromatic heterocycles. The smallest absolute Gasteiger partial charge is 0.166 e. The maximum absolute atomic E-state index is 12.6. The van der Waals surface area contributed by atoms with Gasteiger partial charge in [0, 0.05) is 11.1 Å². The van der Waals surface area contributed by atoms with Crippen molar-refractivity contribution in [3.05, 3.63) is 94.0 Å². The first-order valence-corrected chi connectivity index (χ1v) is 9.38. The zero-order valence-electron chi connectivity index (χ0n) is 15.5. The van der Waals surface area contributed by atoms with E-state index in [0.717, 1.165) is 37.0 Å². The molecule has 0 bridgehead atoms. The highest BCUT2D eigenvalue weighted by molar-refractivity contribution is 5.77. The Hall–Kier alpha value is -2.99. The standard InChI is InChI=1S/C25H19F3/c1-2-3-18-8-12-23-20(14-18)16-21-15-19(9-13-24(21)23)5-4-17-6-10-22(11-7-17)25(26,27)28/h6-15H,2-3,16H2,1H3. The molecule has 0 saturated heterocycles. The fourth-order valence-corrected chi connectivity index (χ4v) is 3.67. The molecule has 0 nitrogen and oxygen atoms in total. The maximum Gasteiger partial charge on any atom is 0.416 e. The van der Waals surface area contributed by atoms with E-state index in [4.69, 9.17) is 0 Å². The molecule has 140 valence electrons. The Labute approximate surface area is 163 Å². The van der Waals surface area contributed by atoms with Gasteiger partial charge in [-0.15, -0.1) is 0 Å². The number of aryl methyl sites for hydroxylation is 1. The van der Waals surface area contributed by atoms with Gasteiger partial charge in [0.25, 0.3) is 0 Å². The Morgan fingerprint density at radius 3 is 2.07 bits per heavy atom. The Balaban J connectivity index is 1.56. The summed E-state index contributed by atoms with van der Waals surface area (Å²) in [7, 11) is 0. The van der Waals surface area contributed by atoms with E-state index in [1.165, 1.54) is 39.9 Å². The van der Waals surface area contributed by atoms with E-state index in [0.29, 0.717) is 5.56 Å². The molecule has 0 heterocycles. The Morgan fingerprint density at radius 1 is 0.786 bits per heavy atom. The van der Waals surface area contributed by atoms with Crippen LogP contribution in [-0.4, -0.2) is 0 Å². The lowest BCUT2D eigenvalue weighted by atomic mass is 10.0. The van der Waals surface area contributed by atoms with Crippen molar-refractivity contribution in [2.45, 2.75) is 32.4 Å². The summed E-state index contributed by atoms with van der Waals surface area (Å²) < 4.78 is 37.9. The quantitative estimate of drug-likeness (QED) is 0.345. The van der Waals surface area contributed by atoms with Crippen LogP contribution in [0.4, 0.5) is 13.2 Å². The zero-order chi connectivity index (χ0) is 19.7. The average molecular weight is 376 g/mol. The van der Waals surface area contributed by atoms with Gasteiger partial charge in [-0.2, -0.15) is 13.2 Å². The molecule has 0 aliphatic heterocycles. The Bertz CT molecular complexity index is 1080. The van der Waals surface area contributed by atoms with Crippen molar-refractivity contribution in [3.63, 3.8) is 0 Å². The van der Waals surface area contributed by atoms with E-state index in [-0.39, 0.29) is 0 Å². The topological polar surface area (TPSA) is 0 Å². The number of rotatable bonds is 2. The SMILES string of the molecule is CCCc1ccc2c(c1)Cc1cc(C#Cc3ccc(C(F)(F)F)cc3)ccc1-2. The molecule has 3 aromatic carbocycles. The summed E-state index contributed by atoms with van der Waals surface area (Å²) in [5.41, 5.74) is 7.31. The van der Waals surface area contributed by atoms with Crippen LogP contribution in [0.25, 0.3) is 11.1 Å². The summed E-state index contributed by atoms with van der Waals surface area (Å²) in [5.74, 6) is 6.04. The number of hydrogen-bond acceptors (Lipinski definition) is 0. The van der Waals surface area contributed by atoms with Crippen molar-refractivity contribution in [2.75, 3.05) is 0 Å². The summed E-state index contributed by atoms with van der Waals surface area (Å²) in [5, 5.41) is 0. The maximum atomic E-state index is 12.6. The van der Waals surface area contributed by atoms with Gasteiger partial charge in [-0.05, 0) is 77.1 Å². The molecule has 0 unspecified atom stereocenters. The molecule has 3 heteroatoms. The van der Waals surface area contributed by atoms with E-state index in [1.807, 2.05) is 6.07 Å². The summed E-state index contributed by atoms with van der Waals surface area (Å²) in [6.07, 6.45) is -1.20. The Morgan fingerprint density at radius 2 is 1.39 bits per heavy atom. The third-order valence-corrected chi connectivity index (χ3v) is 5.05. The second-order valence-corrected chi connectivity index (χ2v) is 7.12. The van der Waals surface area contributed by atoms with Crippen LogP contribution in [0.3, 0.4) is 0 Å². The monoisotopic (exact) mass is 376 g/mol. The van der Waals surface area contributed by atoms with Crippen molar-refractivity contribution < 1.29 is 13.2 Å². The molecule has 1 aliphatic rings. The zero-order valence-corrected chi connectivity index (χ0v) is 15.5. The Kier molecular flexibility index (Phi) is 4.73. The molecule has 0 radical (unpaired) electrons. The molecule has 0 fully saturated rings. The van der Waals surface area contributed by atoms with E-state index in [1.54, 1.807) is 0 Å². The molecule has 3 aromatic rings. The van der Waals surface area contributed by atoms with E-state index in [2.05, 4.69) is 49.1 Å². The molecule has 0 spiro atoms. The van der Waals surface area contributed by atoms with Crippen molar-refractivity contribution in [3.8, 4) is 23.0 Å². The van der Waals surface area contributed by atoms with Gasteiger partial charge in [0.05, 0.1) is 5.56 Å². The van der Waals surface area contributed by atoms with Crippen LogP contribution in [-0.2, 0) is 19.0 Å². The second kappa shape index (κ2) is 7.20. The van der Waals surface area contributed by atoms with E-state index < -0.39 is 11.7 Å². The van der Waals surface area contributed by atoms with Gasteiger partial charge in [0.15, 0.2) is 0 Å². The first-order chi connectivity index (χ1) is 13.4. The second-order valence-electron chi connectivity index (χ2n) is 7.12. The van der Waals surface area contributed by atoms with Crippen LogP contribution in [0, 0.1) is 11.8 Å². The molecule has 0 atom stereocenters. The van der Waals surface area contributed by atoms with E-state index in [9.17, 15) is 13.2 Å². The number of alkyl halides is 3. The first kappa shape index (κ1) is 18.4. The third kappa shape index (κ3) is 3.68. The minimum absolute atomic E-state index is 0.570. The molecule has 0 amide bonds. The summed E-state index contributed by atoms with van der Waals surface area (Å²) in [6, 6.07) is 17.8. The van der Waals surface area contributed by atoms with Gasteiger partial charge in [0.1, 0.15) is 0 Å². The average Bonchev–Trinajstić information content (AvgIpc) is 3.03. The number of hydrogen-bond donors (Lipinski definition) is 0. The van der Waals surface area contributed by atoms with Gasteiger partial charge in [-0.1, -0.05) is 49.5 Å². The van der Waals surface area contributed by atoms with Crippen molar-refractivity contribution in [1.29, 1.82) is 0 Å². The van der Waals surface area contributed by atoms with E-state index >= 15 is 0 Å². The highest BCUT2D eigenvalue weighted by Crippen LogP contribution is 2.37. The number of benzene rings is 3. The molecule has 1 aliphatic carbocycles. The normalized spacial score (nSPS) is 12.1. The van der Waals surface area contributed by atoms with Gasteiger partial charge < -0.3 is 0 Å². The van der Waals surface area contributed by atoms with Crippen LogP contribution >= 0.6 is 0 Å². The van der Waals surface area contributed by atoms with Crippen molar-refractivity contribution in [1.82, 2.24) is 0 Å². The predicted octanol–water partition coefficient (Wildman–Crippen LogP) is 6.63. The fraction of sp³-hybridized carbons (Fsp3) is 0.200. The molecular formula is C25H19F3. The molecule has 0 saturated carbocycles. The molecular weight excluding hydrogens is 357 g/mol. The van der Waals surface area contributed by atoms with Crippen molar-refractivity contribution in [2.24, 2.45) is 0 Å². The van der Waals surface area contributed by atoms with Gasteiger partial charge in [0.2, 0.25) is 0 Å². The highest BCUT2D eigenvalue weighted by Gasteiger charge is 2.29. The van der Waals surface area contributed by atoms with Gasteiger partial charge >= 0.3 is 6.18 Å². The predicted molar refractivity (Wildman–Crippen MR) is 106 cm³/mol. The van der Waals surface area contributed by atoms with Crippen LogP contribution in [0.1, 0.15) is 46.7 Å². The summed E-state index contributed by atoms with van der Waals surface area (Å²) >= 11 is 0. The van der Waals surface area contributed by atoms with Crippen molar-refractivity contribution >= 4 is 0 Å². The minimum Gasteiger partial charge on any atom is -0.166 e. The lowest BCUT2D eigenvalue weighted by Gasteiger charge is -2.05. The minimum atomic E-state index is -4.32. The summed E-state index contributed by atoms with van der Waals surface area (Å²) in [6.45, 7) is 2.18. The summed E-state index contributed by atoms with van der Waals surface area (Å²) in [4.78, 5) is 0. The lowest BCUT2D eigenvalue weighted by Crippen LogP contribution is -2.04. The fourth-order valence-electron chi connectivity index (χ4n) is 3.67. The van der Waals surface area contributed by atoms with Gasteiger partial charge in [-0.25, -0.2) is 0 Å². The van der Waals surface area contributed by atoms with Crippen LogP contribution in [0.5, 0.6) is 0 Å². The lowest BCUT2D eigenvalue weighted by molar-refractivity contribution is -0.137. The van der Waals surface area contributed by atoms with Crippen LogP contribution in [0.15, 0.2) is 60.7 Å². The number of fused-ring (bicyclic) bond motifs is 3. The first-order valence-electron chi connectivity index (χ1n) is 9.38. The molecule has 28 heavy (non-hydrogen) atoms. The highest BCUT2D eigenvalue weighted by atomic mass is 19.4. The van der Waals surface area contributed by atoms with Gasteiger partial charge in [-0.3, -0.25) is 0 Å². The number of halogens is 3. The van der Waals surface area contributed by atoms with Crippen LogP contribution < -0.4 is 0 Å². The largest absolute Gasteiger partial charge is 0.416 e.